The molecule has 0 aromatic rings. The van der Waals surface area contributed by atoms with E-state index in [1.165, 1.54) is 12.8 Å². The lowest BCUT2D eigenvalue weighted by atomic mass is 9.75. The van der Waals surface area contributed by atoms with E-state index in [4.69, 9.17) is 15.7 Å². The number of ether oxygens (including phenoxy) is 1. The molecule has 3 heteroatoms. The molecule has 1 aliphatic carbocycles. The summed E-state index contributed by atoms with van der Waals surface area (Å²) >= 11 is 0. The summed E-state index contributed by atoms with van der Waals surface area (Å²) in [6.45, 7) is 7.15. The van der Waals surface area contributed by atoms with Gasteiger partial charge in [0, 0.05) is 0 Å². The first-order valence-electron chi connectivity index (χ1n) is 6.31. The molecule has 0 amide bonds. The molecule has 2 N–H and O–H groups in total. The van der Waals surface area contributed by atoms with E-state index in [-0.39, 0.29) is 0 Å². The molecule has 0 spiro atoms. The maximum absolute atomic E-state index is 8.64. The summed E-state index contributed by atoms with van der Waals surface area (Å²) in [5.74, 6) is 2.01. The van der Waals surface area contributed by atoms with E-state index < -0.39 is 6.04 Å². The third kappa shape index (κ3) is 3.77. The van der Waals surface area contributed by atoms with Crippen molar-refractivity contribution in [1.82, 2.24) is 0 Å². The van der Waals surface area contributed by atoms with E-state index in [1.54, 1.807) is 0 Å². The fraction of sp³-hybridized carbons (Fsp3) is 0.923. The number of nitrogens with zero attached hydrogens (tertiary/aromatic N) is 1. The topological polar surface area (TPSA) is 59.0 Å². The molecule has 4 atom stereocenters. The fourth-order valence-electron chi connectivity index (χ4n) is 2.57. The van der Waals surface area contributed by atoms with Crippen LogP contribution in [-0.4, -0.2) is 18.8 Å². The van der Waals surface area contributed by atoms with Gasteiger partial charge in [0.2, 0.25) is 0 Å². The summed E-state index contributed by atoms with van der Waals surface area (Å²) in [6, 6.07) is 1.53. The highest BCUT2D eigenvalue weighted by Crippen LogP contribution is 2.35. The Morgan fingerprint density at radius 2 is 2.12 bits per heavy atom. The van der Waals surface area contributed by atoms with Crippen molar-refractivity contribution < 1.29 is 4.74 Å². The fourth-order valence-corrected chi connectivity index (χ4v) is 2.57. The number of nitrogens with two attached hydrogens (primary N) is 1. The first kappa shape index (κ1) is 13.5. The van der Waals surface area contributed by atoms with Crippen LogP contribution in [-0.2, 0) is 4.74 Å². The van der Waals surface area contributed by atoms with E-state index in [2.05, 4.69) is 20.8 Å². The van der Waals surface area contributed by atoms with Gasteiger partial charge in [0.1, 0.15) is 6.04 Å². The van der Waals surface area contributed by atoms with E-state index in [0.29, 0.717) is 24.5 Å². The summed E-state index contributed by atoms with van der Waals surface area (Å²) in [4.78, 5) is 0. The molecule has 4 unspecified atom stereocenters. The van der Waals surface area contributed by atoms with Crippen molar-refractivity contribution in [2.45, 2.75) is 52.2 Å². The Balaban J connectivity index is 2.48. The second kappa shape index (κ2) is 6.22. The van der Waals surface area contributed by atoms with E-state index in [0.717, 1.165) is 12.3 Å². The van der Waals surface area contributed by atoms with Crippen LogP contribution < -0.4 is 5.73 Å². The number of rotatable bonds is 4. The molecule has 0 aromatic heterocycles. The first-order chi connectivity index (χ1) is 7.54. The molecule has 92 valence electrons. The predicted molar refractivity (Wildman–Crippen MR) is 64.7 cm³/mol. The molecule has 0 bridgehead atoms. The average molecular weight is 224 g/mol. The minimum absolute atomic E-state index is 0.295. The third-order valence-corrected chi connectivity index (χ3v) is 3.62. The molecule has 0 aliphatic heterocycles. The van der Waals surface area contributed by atoms with Crippen LogP contribution in [0.15, 0.2) is 0 Å². The van der Waals surface area contributed by atoms with Gasteiger partial charge in [-0.3, -0.25) is 0 Å². The third-order valence-electron chi connectivity index (χ3n) is 3.62. The zero-order chi connectivity index (χ0) is 12.1. The zero-order valence-corrected chi connectivity index (χ0v) is 10.6. The van der Waals surface area contributed by atoms with Crippen LogP contribution in [0.5, 0.6) is 0 Å². The molecular weight excluding hydrogens is 200 g/mol. The zero-order valence-electron chi connectivity index (χ0n) is 10.6. The maximum atomic E-state index is 8.64. The summed E-state index contributed by atoms with van der Waals surface area (Å²) in [6.07, 6.45) is 3.95. The largest absolute Gasteiger partial charge is 0.375 e. The van der Waals surface area contributed by atoms with Crippen molar-refractivity contribution in [3.63, 3.8) is 0 Å². The van der Waals surface area contributed by atoms with E-state index in [9.17, 15) is 0 Å². The molecule has 1 fully saturated rings. The molecule has 0 heterocycles. The van der Waals surface area contributed by atoms with Crippen molar-refractivity contribution in [3.05, 3.63) is 0 Å². The predicted octanol–water partition coefficient (Wildman–Crippen LogP) is 2.31. The Bertz CT molecular complexity index is 247. The summed E-state index contributed by atoms with van der Waals surface area (Å²) < 4.78 is 5.83. The minimum Gasteiger partial charge on any atom is -0.375 e. The summed E-state index contributed by atoms with van der Waals surface area (Å²) in [5.41, 5.74) is 5.56. The van der Waals surface area contributed by atoms with Crippen LogP contribution >= 0.6 is 0 Å². The van der Waals surface area contributed by atoms with Gasteiger partial charge in [-0.1, -0.05) is 27.2 Å². The van der Waals surface area contributed by atoms with Crippen molar-refractivity contribution >= 4 is 0 Å². The van der Waals surface area contributed by atoms with Gasteiger partial charge in [-0.25, -0.2) is 0 Å². The quantitative estimate of drug-likeness (QED) is 0.797. The number of nitriles is 1. The molecule has 0 aromatic carbocycles. The van der Waals surface area contributed by atoms with Gasteiger partial charge in [0.05, 0.1) is 18.8 Å². The second-order valence-corrected chi connectivity index (χ2v) is 5.43. The standard InChI is InChI=1S/C13H24N2O/c1-9(2)12-5-4-10(3)6-13(12)16-8-11(15)7-14/h9-13H,4-6,8,15H2,1-3H3. The van der Waals surface area contributed by atoms with Gasteiger partial charge in [0.25, 0.3) is 0 Å². The van der Waals surface area contributed by atoms with Crippen molar-refractivity contribution in [1.29, 1.82) is 5.26 Å². The molecule has 0 saturated heterocycles. The van der Waals surface area contributed by atoms with Crippen LogP contribution in [0.25, 0.3) is 0 Å². The lowest BCUT2D eigenvalue weighted by Crippen LogP contribution is -2.37. The summed E-state index contributed by atoms with van der Waals surface area (Å²) in [5, 5.41) is 8.64. The smallest absolute Gasteiger partial charge is 0.116 e. The molecule has 3 nitrogen and oxygen atoms in total. The van der Waals surface area contributed by atoms with Gasteiger partial charge >= 0.3 is 0 Å². The van der Waals surface area contributed by atoms with Crippen LogP contribution in [0.4, 0.5) is 0 Å². The highest BCUT2D eigenvalue weighted by molar-refractivity contribution is 4.88. The molecule has 1 saturated carbocycles. The normalized spacial score (nSPS) is 32.4. The SMILES string of the molecule is CC1CCC(C(C)C)C(OCC(N)C#N)C1. The van der Waals surface area contributed by atoms with Crippen molar-refractivity contribution in [2.75, 3.05) is 6.61 Å². The maximum Gasteiger partial charge on any atom is 0.116 e. The molecule has 1 rings (SSSR count). The Morgan fingerprint density at radius 3 is 2.69 bits per heavy atom. The van der Waals surface area contributed by atoms with Crippen LogP contribution in [0.1, 0.15) is 40.0 Å². The molecule has 0 radical (unpaired) electrons. The lowest BCUT2D eigenvalue weighted by molar-refractivity contribution is -0.0392. The van der Waals surface area contributed by atoms with Crippen molar-refractivity contribution in [2.24, 2.45) is 23.5 Å². The Kier molecular flexibility index (Phi) is 5.24. The van der Waals surface area contributed by atoms with Crippen LogP contribution in [0.3, 0.4) is 0 Å². The van der Waals surface area contributed by atoms with Crippen LogP contribution in [0, 0.1) is 29.1 Å². The van der Waals surface area contributed by atoms with Gasteiger partial charge in [-0.2, -0.15) is 5.26 Å². The first-order valence-corrected chi connectivity index (χ1v) is 6.31. The Hall–Kier alpha value is -0.590. The highest BCUT2D eigenvalue weighted by Gasteiger charge is 2.31. The highest BCUT2D eigenvalue weighted by atomic mass is 16.5. The van der Waals surface area contributed by atoms with Gasteiger partial charge in [-0.05, 0) is 30.6 Å². The minimum atomic E-state index is -0.481. The second-order valence-electron chi connectivity index (χ2n) is 5.43. The molecule has 1 aliphatic rings. The van der Waals surface area contributed by atoms with Crippen LogP contribution in [0.2, 0.25) is 0 Å². The van der Waals surface area contributed by atoms with Crippen molar-refractivity contribution in [3.8, 4) is 6.07 Å². The molecule has 16 heavy (non-hydrogen) atoms. The molecular formula is C13H24N2O. The monoisotopic (exact) mass is 224 g/mol. The van der Waals surface area contributed by atoms with Gasteiger partial charge < -0.3 is 10.5 Å². The Morgan fingerprint density at radius 1 is 1.44 bits per heavy atom. The average Bonchev–Trinajstić information content (AvgIpc) is 2.25. The van der Waals surface area contributed by atoms with Gasteiger partial charge in [-0.15, -0.1) is 0 Å². The van der Waals surface area contributed by atoms with Gasteiger partial charge in [0.15, 0.2) is 0 Å². The summed E-state index contributed by atoms with van der Waals surface area (Å²) in [7, 11) is 0. The Labute approximate surface area is 99.0 Å². The lowest BCUT2D eigenvalue weighted by Gasteiger charge is -2.37. The number of hydrogen-bond acceptors (Lipinski definition) is 3. The van der Waals surface area contributed by atoms with E-state index >= 15 is 0 Å². The van der Waals surface area contributed by atoms with E-state index in [1.807, 2.05) is 6.07 Å². The number of hydrogen-bond donors (Lipinski definition) is 1.